The largest absolute Gasteiger partial charge is 0.299 e. The number of hydrogen-bond donors (Lipinski definition) is 0. The van der Waals surface area contributed by atoms with E-state index in [0.29, 0.717) is 6.42 Å². The fourth-order valence-electron chi connectivity index (χ4n) is 2.40. The van der Waals surface area contributed by atoms with E-state index in [-0.39, 0.29) is 0 Å². The first-order valence-corrected chi connectivity index (χ1v) is 6.01. The van der Waals surface area contributed by atoms with Crippen LogP contribution in [0.2, 0.25) is 0 Å². The van der Waals surface area contributed by atoms with Crippen LogP contribution in [-0.2, 0) is 6.54 Å². The van der Waals surface area contributed by atoms with Gasteiger partial charge in [-0.05, 0) is 30.9 Å². The van der Waals surface area contributed by atoms with Crippen molar-refractivity contribution in [3.8, 4) is 6.07 Å². The lowest BCUT2D eigenvalue weighted by Gasteiger charge is -2.15. The van der Waals surface area contributed by atoms with Crippen LogP contribution in [0, 0.1) is 17.2 Å². The van der Waals surface area contributed by atoms with Gasteiger partial charge in [0.05, 0.1) is 6.07 Å². The molecule has 0 aliphatic carbocycles. The lowest BCUT2D eigenvalue weighted by Crippen LogP contribution is -2.19. The van der Waals surface area contributed by atoms with E-state index >= 15 is 0 Å². The summed E-state index contributed by atoms with van der Waals surface area (Å²) in [5.74, 6) is 0.739. The summed E-state index contributed by atoms with van der Waals surface area (Å²) in [6.45, 7) is 3.41. The number of benzene rings is 1. The maximum absolute atomic E-state index is 8.56. The second-order valence-corrected chi connectivity index (χ2v) is 4.57. The van der Waals surface area contributed by atoms with E-state index in [1.807, 2.05) is 0 Å². The van der Waals surface area contributed by atoms with Crippen molar-refractivity contribution in [3.05, 3.63) is 35.9 Å². The summed E-state index contributed by atoms with van der Waals surface area (Å²) in [5, 5.41) is 8.56. The molecule has 0 bridgehead atoms. The average Bonchev–Trinajstić information content (AvgIpc) is 2.75. The van der Waals surface area contributed by atoms with E-state index in [2.05, 4.69) is 41.3 Å². The minimum Gasteiger partial charge on any atom is -0.299 e. The van der Waals surface area contributed by atoms with Crippen LogP contribution >= 0.6 is 0 Å². The second kappa shape index (κ2) is 5.67. The van der Waals surface area contributed by atoms with Gasteiger partial charge in [-0.1, -0.05) is 30.3 Å². The number of likely N-dealkylation sites (tertiary alicyclic amines) is 1. The van der Waals surface area contributed by atoms with Crippen molar-refractivity contribution < 1.29 is 0 Å². The van der Waals surface area contributed by atoms with Crippen molar-refractivity contribution in [2.75, 3.05) is 13.1 Å². The van der Waals surface area contributed by atoms with Gasteiger partial charge in [-0.2, -0.15) is 5.26 Å². The van der Waals surface area contributed by atoms with Crippen LogP contribution in [-0.4, -0.2) is 18.0 Å². The van der Waals surface area contributed by atoms with Crippen LogP contribution < -0.4 is 0 Å². The highest BCUT2D eigenvalue weighted by molar-refractivity contribution is 5.14. The zero-order valence-corrected chi connectivity index (χ0v) is 9.60. The van der Waals surface area contributed by atoms with Crippen LogP contribution in [0.25, 0.3) is 0 Å². The van der Waals surface area contributed by atoms with Crippen LogP contribution in [0.3, 0.4) is 0 Å². The number of nitriles is 1. The van der Waals surface area contributed by atoms with E-state index in [9.17, 15) is 0 Å². The van der Waals surface area contributed by atoms with Gasteiger partial charge >= 0.3 is 0 Å². The molecule has 0 amide bonds. The third kappa shape index (κ3) is 3.08. The Morgan fingerprint density at radius 3 is 2.88 bits per heavy atom. The molecule has 1 aliphatic heterocycles. The Morgan fingerprint density at radius 2 is 2.12 bits per heavy atom. The predicted octanol–water partition coefficient (Wildman–Crippen LogP) is 2.81. The first kappa shape index (κ1) is 11.2. The van der Waals surface area contributed by atoms with Crippen molar-refractivity contribution >= 4 is 0 Å². The highest BCUT2D eigenvalue weighted by Gasteiger charge is 2.21. The van der Waals surface area contributed by atoms with Gasteiger partial charge < -0.3 is 0 Å². The summed E-state index contributed by atoms with van der Waals surface area (Å²) in [6, 6.07) is 12.9. The number of hydrogen-bond acceptors (Lipinski definition) is 2. The van der Waals surface area contributed by atoms with Gasteiger partial charge in [0.25, 0.3) is 0 Å². The molecule has 1 unspecified atom stereocenters. The minimum absolute atomic E-state index is 0.712. The zero-order chi connectivity index (χ0) is 11.2. The van der Waals surface area contributed by atoms with Crippen LogP contribution in [0.4, 0.5) is 0 Å². The lowest BCUT2D eigenvalue weighted by atomic mass is 10.0. The van der Waals surface area contributed by atoms with E-state index in [1.165, 1.54) is 18.5 Å². The topological polar surface area (TPSA) is 27.0 Å². The first-order valence-electron chi connectivity index (χ1n) is 6.01. The lowest BCUT2D eigenvalue weighted by molar-refractivity contribution is 0.314. The molecule has 1 saturated heterocycles. The van der Waals surface area contributed by atoms with Gasteiger partial charge in [0.1, 0.15) is 0 Å². The molecule has 1 heterocycles. The normalized spacial score (nSPS) is 20.8. The summed E-state index contributed by atoms with van der Waals surface area (Å²) in [6.07, 6.45) is 3.04. The van der Waals surface area contributed by atoms with Gasteiger partial charge in [0.15, 0.2) is 0 Å². The molecule has 1 fully saturated rings. The van der Waals surface area contributed by atoms with Crippen molar-refractivity contribution in [1.29, 1.82) is 5.26 Å². The molecule has 1 atom stereocenters. The van der Waals surface area contributed by atoms with Crippen LogP contribution in [0.15, 0.2) is 30.3 Å². The zero-order valence-electron chi connectivity index (χ0n) is 9.60. The Hall–Kier alpha value is -1.33. The fourth-order valence-corrected chi connectivity index (χ4v) is 2.40. The molecule has 2 nitrogen and oxygen atoms in total. The molecule has 1 aliphatic rings. The van der Waals surface area contributed by atoms with E-state index in [1.54, 1.807) is 0 Å². The molecular weight excluding hydrogens is 196 g/mol. The average molecular weight is 214 g/mol. The van der Waals surface area contributed by atoms with E-state index < -0.39 is 0 Å². The Morgan fingerprint density at radius 1 is 1.31 bits per heavy atom. The van der Waals surface area contributed by atoms with Gasteiger partial charge in [-0.25, -0.2) is 0 Å². The summed E-state index contributed by atoms with van der Waals surface area (Å²) < 4.78 is 0. The molecule has 0 N–H and O–H groups in total. The van der Waals surface area contributed by atoms with Gasteiger partial charge in [0, 0.05) is 19.5 Å². The molecule has 0 aromatic heterocycles. The molecule has 0 spiro atoms. The summed E-state index contributed by atoms with van der Waals surface area (Å²) in [5.41, 5.74) is 1.39. The SMILES string of the molecule is N#CCCC1CCN(Cc2ccccc2)C1. The predicted molar refractivity (Wildman–Crippen MR) is 64.7 cm³/mol. The molecule has 0 radical (unpaired) electrons. The second-order valence-electron chi connectivity index (χ2n) is 4.57. The first-order chi connectivity index (χ1) is 7.88. The Kier molecular flexibility index (Phi) is 3.96. The highest BCUT2D eigenvalue weighted by Crippen LogP contribution is 2.22. The van der Waals surface area contributed by atoms with E-state index in [0.717, 1.165) is 25.4 Å². The standard InChI is InChI=1S/C14H18N2/c15-9-4-7-14-8-10-16(12-14)11-13-5-2-1-3-6-13/h1-3,5-6,14H,4,7-8,10-12H2. The van der Waals surface area contributed by atoms with Crippen LogP contribution in [0.1, 0.15) is 24.8 Å². The van der Waals surface area contributed by atoms with E-state index in [4.69, 9.17) is 5.26 Å². The Labute approximate surface area is 97.5 Å². The van der Waals surface area contributed by atoms with Crippen molar-refractivity contribution in [3.63, 3.8) is 0 Å². The fraction of sp³-hybridized carbons (Fsp3) is 0.500. The number of nitrogens with zero attached hydrogens (tertiary/aromatic N) is 2. The molecule has 1 aromatic carbocycles. The Balaban J connectivity index is 1.79. The molecule has 16 heavy (non-hydrogen) atoms. The summed E-state index contributed by atoms with van der Waals surface area (Å²) in [7, 11) is 0. The van der Waals surface area contributed by atoms with Gasteiger partial charge in [0.2, 0.25) is 0 Å². The maximum atomic E-state index is 8.56. The Bertz CT molecular complexity index is 353. The third-order valence-electron chi connectivity index (χ3n) is 3.28. The van der Waals surface area contributed by atoms with Crippen molar-refractivity contribution in [2.24, 2.45) is 5.92 Å². The summed E-state index contributed by atoms with van der Waals surface area (Å²) >= 11 is 0. The third-order valence-corrected chi connectivity index (χ3v) is 3.28. The minimum atomic E-state index is 0.712. The quantitative estimate of drug-likeness (QED) is 0.770. The van der Waals surface area contributed by atoms with Crippen molar-refractivity contribution in [2.45, 2.75) is 25.8 Å². The maximum Gasteiger partial charge on any atom is 0.0621 e. The molecule has 2 heteroatoms. The monoisotopic (exact) mass is 214 g/mol. The smallest absolute Gasteiger partial charge is 0.0621 e. The van der Waals surface area contributed by atoms with Crippen molar-refractivity contribution in [1.82, 2.24) is 4.90 Å². The summed E-state index contributed by atoms with van der Waals surface area (Å²) in [4.78, 5) is 2.50. The van der Waals surface area contributed by atoms with Crippen LogP contribution in [0.5, 0.6) is 0 Å². The molecule has 84 valence electrons. The number of rotatable bonds is 4. The molecule has 1 aromatic rings. The molecule has 2 rings (SSSR count). The van der Waals surface area contributed by atoms with Gasteiger partial charge in [-0.3, -0.25) is 4.90 Å². The molecular formula is C14H18N2. The molecule has 0 saturated carbocycles. The highest BCUT2D eigenvalue weighted by atomic mass is 15.1. The van der Waals surface area contributed by atoms with Gasteiger partial charge in [-0.15, -0.1) is 0 Å².